The van der Waals surface area contributed by atoms with Crippen LogP contribution in [0.4, 0.5) is 8.78 Å². The van der Waals surface area contributed by atoms with Gasteiger partial charge in [-0.1, -0.05) is 28.1 Å². The van der Waals surface area contributed by atoms with E-state index in [1.54, 1.807) is 24.3 Å². The highest BCUT2D eigenvalue weighted by Gasteiger charge is 2.51. The second-order valence-corrected chi connectivity index (χ2v) is 5.20. The van der Waals surface area contributed by atoms with Crippen molar-refractivity contribution in [1.29, 1.82) is 0 Å². The Labute approximate surface area is 117 Å². The molecule has 6 heteroatoms. The van der Waals surface area contributed by atoms with E-state index in [1.807, 2.05) is 0 Å². The van der Waals surface area contributed by atoms with Gasteiger partial charge in [0.2, 0.25) is 5.54 Å². The fraction of sp³-hybridized carbons (Fsp3) is 0.385. The number of halogens is 3. The van der Waals surface area contributed by atoms with Crippen LogP contribution in [0.15, 0.2) is 33.7 Å². The number of carbonyl (C=O) groups is 1. The van der Waals surface area contributed by atoms with E-state index in [9.17, 15) is 13.6 Å². The molecule has 0 saturated heterocycles. The van der Waals surface area contributed by atoms with Gasteiger partial charge in [-0.05, 0) is 30.5 Å². The first kappa shape index (κ1) is 14.1. The summed E-state index contributed by atoms with van der Waals surface area (Å²) in [5.74, 6) is -0.977. The molecule has 1 aromatic carbocycles. The monoisotopic (exact) mass is 331 g/mol. The molecule has 0 N–H and O–H groups in total. The number of nitrogens with zero attached hydrogens (tertiary/aromatic N) is 1. The molecule has 1 aliphatic heterocycles. The largest absolute Gasteiger partial charge is 0.467 e. The third kappa shape index (κ3) is 2.54. The number of hydrogen-bond donors (Lipinski definition) is 0. The van der Waals surface area contributed by atoms with Crippen LogP contribution in [0.2, 0.25) is 0 Å². The summed E-state index contributed by atoms with van der Waals surface area (Å²) < 4.78 is 31.7. The van der Waals surface area contributed by atoms with E-state index in [2.05, 4.69) is 25.7 Å². The summed E-state index contributed by atoms with van der Waals surface area (Å²) in [7, 11) is 1.10. The number of methoxy groups -OCH3 is 1. The summed E-state index contributed by atoms with van der Waals surface area (Å²) >= 11 is 3.30. The minimum atomic E-state index is -2.87. The maximum atomic E-state index is 13.2. The average molecular weight is 332 g/mol. The Balaban J connectivity index is 2.37. The molecule has 0 saturated carbocycles. The summed E-state index contributed by atoms with van der Waals surface area (Å²) in [6.07, 6.45) is -2.56. The first-order chi connectivity index (χ1) is 8.99. The molecular weight excluding hydrogens is 320 g/mol. The van der Waals surface area contributed by atoms with Crippen molar-refractivity contribution in [2.45, 2.75) is 24.8 Å². The Bertz CT molecular complexity index is 516. The van der Waals surface area contributed by atoms with Gasteiger partial charge >= 0.3 is 5.97 Å². The molecule has 19 heavy (non-hydrogen) atoms. The molecule has 0 aliphatic carbocycles. The Morgan fingerprint density at radius 3 is 2.58 bits per heavy atom. The van der Waals surface area contributed by atoms with E-state index in [4.69, 9.17) is 0 Å². The number of alkyl halides is 2. The van der Waals surface area contributed by atoms with Crippen LogP contribution in [0.5, 0.6) is 0 Å². The van der Waals surface area contributed by atoms with Gasteiger partial charge in [-0.3, -0.25) is 4.99 Å². The van der Waals surface area contributed by atoms with Gasteiger partial charge in [0.1, 0.15) is 0 Å². The highest BCUT2D eigenvalue weighted by molar-refractivity contribution is 9.10. The van der Waals surface area contributed by atoms with Crippen molar-refractivity contribution in [1.82, 2.24) is 0 Å². The second-order valence-electron chi connectivity index (χ2n) is 4.28. The van der Waals surface area contributed by atoms with Crippen molar-refractivity contribution in [3.05, 3.63) is 34.3 Å². The summed E-state index contributed by atoms with van der Waals surface area (Å²) in [5, 5.41) is 0. The number of aliphatic imine (C=N–C) groups is 1. The van der Waals surface area contributed by atoms with Gasteiger partial charge in [0.25, 0.3) is 6.43 Å². The summed E-state index contributed by atoms with van der Waals surface area (Å²) in [6.45, 7) is 0. The topological polar surface area (TPSA) is 38.7 Å². The van der Waals surface area contributed by atoms with E-state index >= 15 is 0 Å². The quantitative estimate of drug-likeness (QED) is 0.798. The Morgan fingerprint density at radius 2 is 2.05 bits per heavy atom. The van der Waals surface area contributed by atoms with E-state index in [-0.39, 0.29) is 6.42 Å². The number of carbonyl (C=O) groups excluding carboxylic acids is 1. The van der Waals surface area contributed by atoms with Crippen molar-refractivity contribution in [2.24, 2.45) is 4.99 Å². The fourth-order valence-electron chi connectivity index (χ4n) is 2.08. The number of rotatable bonds is 3. The zero-order chi connectivity index (χ0) is 14.0. The van der Waals surface area contributed by atoms with Crippen LogP contribution in [0.3, 0.4) is 0 Å². The molecule has 0 unspecified atom stereocenters. The third-order valence-corrected chi connectivity index (χ3v) is 3.68. The van der Waals surface area contributed by atoms with Crippen LogP contribution in [0, 0.1) is 0 Å². The number of benzene rings is 1. The van der Waals surface area contributed by atoms with E-state index in [0.29, 0.717) is 12.1 Å². The van der Waals surface area contributed by atoms with E-state index in [1.165, 1.54) is 0 Å². The van der Waals surface area contributed by atoms with Crippen LogP contribution in [0.25, 0.3) is 0 Å². The Kier molecular flexibility index (Phi) is 3.99. The molecule has 2 rings (SSSR count). The van der Waals surface area contributed by atoms with Crippen LogP contribution in [0.1, 0.15) is 18.4 Å². The lowest BCUT2D eigenvalue weighted by Crippen LogP contribution is -2.42. The van der Waals surface area contributed by atoms with Gasteiger partial charge < -0.3 is 4.74 Å². The Morgan fingerprint density at radius 1 is 1.42 bits per heavy atom. The summed E-state index contributed by atoms with van der Waals surface area (Å²) in [5.41, 5.74) is -0.787. The van der Waals surface area contributed by atoms with Crippen LogP contribution in [-0.2, 0) is 9.53 Å². The molecule has 0 bridgehead atoms. The zero-order valence-electron chi connectivity index (χ0n) is 10.2. The molecule has 1 aromatic rings. The van der Waals surface area contributed by atoms with E-state index < -0.39 is 17.9 Å². The molecule has 1 heterocycles. The van der Waals surface area contributed by atoms with Gasteiger partial charge in [0, 0.05) is 10.2 Å². The van der Waals surface area contributed by atoms with Crippen molar-refractivity contribution in [3.63, 3.8) is 0 Å². The predicted molar refractivity (Wildman–Crippen MR) is 70.7 cm³/mol. The van der Waals surface area contributed by atoms with Crippen molar-refractivity contribution < 1.29 is 18.3 Å². The third-order valence-electron chi connectivity index (χ3n) is 3.15. The highest BCUT2D eigenvalue weighted by atomic mass is 79.9. The molecule has 1 aliphatic rings. The molecule has 1 atom stereocenters. The van der Waals surface area contributed by atoms with Crippen molar-refractivity contribution >= 4 is 27.6 Å². The molecule has 3 nitrogen and oxygen atoms in total. The Hall–Kier alpha value is -1.30. The maximum Gasteiger partial charge on any atom is 0.339 e. The molecule has 0 amide bonds. The van der Waals surface area contributed by atoms with Gasteiger partial charge in [-0.25, -0.2) is 13.6 Å². The number of hydrogen-bond acceptors (Lipinski definition) is 3. The summed E-state index contributed by atoms with van der Waals surface area (Å²) in [6, 6.07) is 7.17. The average Bonchev–Trinajstić information content (AvgIpc) is 2.85. The maximum absolute atomic E-state index is 13.2. The minimum Gasteiger partial charge on any atom is -0.467 e. The van der Waals surface area contributed by atoms with Crippen LogP contribution < -0.4 is 0 Å². The number of ether oxygens (including phenoxy) is 1. The lowest BCUT2D eigenvalue weighted by molar-refractivity contribution is -0.153. The SMILES string of the molecule is COC(=O)[C@@]1(C(F)F)CCC(c2ccc(Br)cc2)=N1. The lowest BCUT2D eigenvalue weighted by Gasteiger charge is -2.21. The van der Waals surface area contributed by atoms with Crippen LogP contribution >= 0.6 is 15.9 Å². The minimum absolute atomic E-state index is 0.0251. The van der Waals surface area contributed by atoms with Gasteiger partial charge in [0.05, 0.1) is 7.11 Å². The van der Waals surface area contributed by atoms with Crippen LogP contribution in [-0.4, -0.2) is 30.8 Å². The fourth-order valence-corrected chi connectivity index (χ4v) is 2.35. The van der Waals surface area contributed by atoms with E-state index in [0.717, 1.165) is 17.1 Å². The summed E-state index contributed by atoms with van der Waals surface area (Å²) in [4.78, 5) is 15.6. The molecule has 102 valence electrons. The van der Waals surface area contributed by atoms with Gasteiger partial charge in [-0.2, -0.15) is 0 Å². The molecule has 0 fully saturated rings. The smallest absolute Gasteiger partial charge is 0.339 e. The van der Waals surface area contributed by atoms with Crippen molar-refractivity contribution in [3.8, 4) is 0 Å². The van der Waals surface area contributed by atoms with Gasteiger partial charge in [0.15, 0.2) is 0 Å². The highest BCUT2D eigenvalue weighted by Crippen LogP contribution is 2.35. The van der Waals surface area contributed by atoms with Gasteiger partial charge in [-0.15, -0.1) is 0 Å². The molecule has 0 spiro atoms. The standard InChI is InChI=1S/C13H12BrF2NO2/c1-19-12(18)13(11(15)16)7-6-10(17-13)8-2-4-9(14)5-3-8/h2-5,11H,6-7H2,1H3/t13-/m0/s1. The van der Waals surface area contributed by atoms with Crippen molar-refractivity contribution in [2.75, 3.05) is 7.11 Å². The lowest BCUT2D eigenvalue weighted by atomic mass is 9.97. The predicted octanol–water partition coefficient (Wildman–Crippen LogP) is 3.21. The molecular formula is C13H12BrF2NO2. The normalized spacial score (nSPS) is 22.5. The second kappa shape index (κ2) is 5.36. The molecule has 0 radical (unpaired) electrons. The zero-order valence-corrected chi connectivity index (χ0v) is 11.8. The number of esters is 1. The molecule has 0 aromatic heterocycles. The first-order valence-corrected chi connectivity index (χ1v) is 6.50. The first-order valence-electron chi connectivity index (χ1n) is 5.71.